The van der Waals surface area contributed by atoms with Gasteiger partial charge in [0.1, 0.15) is 11.2 Å². The van der Waals surface area contributed by atoms with Crippen LogP contribution in [0, 0.1) is 6.92 Å². The summed E-state index contributed by atoms with van der Waals surface area (Å²) >= 11 is 0. The van der Waals surface area contributed by atoms with Crippen LogP contribution in [0.15, 0.2) is 29.3 Å². The Morgan fingerprint density at radius 3 is 2.96 bits per heavy atom. The van der Waals surface area contributed by atoms with Crippen LogP contribution in [0.3, 0.4) is 0 Å². The van der Waals surface area contributed by atoms with E-state index in [0.29, 0.717) is 12.2 Å². The highest BCUT2D eigenvalue weighted by atomic mass is 16.2. The third-order valence-electron chi connectivity index (χ3n) is 4.03. The summed E-state index contributed by atoms with van der Waals surface area (Å²) < 4.78 is 1.40. The lowest BCUT2D eigenvalue weighted by molar-refractivity contribution is 0.0945. The number of carbonyl (C=O) groups excluding carboxylic acids is 1. The molecule has 2 aromatic rings. The molecule has 2 aromatic heterocycles. The van der Waals surface area contributed by atoms with Crippen LogP contribution < -0.4 is 16.2 Å². The number of carbonyl (C=O) groups is 1. The summed E-state index contributed by atoms with van der Waals surface area (Å²) in [5, 5.41) is 6.10. The molecule has 0 spiro atoms. The maximum Gasteiger partial charge on any atom is 0.270 e. The predicted molar refractivity (Wildman–Crippen MR) is 87.8 cm³/mol. The number of nitrogens with zero attached hydrogens (tertiary/aromatic N) is 3. The van der Waals surface area contributed by atoms with Crippen molar-refractivity contribution in [3.63, 3.8) is 0 Å². The van der Waals surface area contributed by atoms with Crippen LogP contribution in [0.5, 0.6) is 0 Å². The van der Waals surface area contributed by atoms with Gasteiger partial charge in [0, 0.05) is 51.7 Å². The number of piperazine rings is 1. The summed E-state index contributed by atoms with van der Waals surface area (Å²) in [7, 11) is 0. The van der Waals surface area contributed by atoms with E-state index in [1.807, 2.05) is 19.1 Å². The van der Waals surface area contributed by atoms with Gasteiger partial charge in [-0.1, -0.05) is 0 Å². The number of hydrogen-bond donors (Lipinski definition) is 2. The molecule has 1 fully saturated rings. The molecule has 0 aliphatic carbocycles. The van der Waals surface area contributed by atoms with Crippen molar-refractivity contribution in [3.05, 3.63) is 46.0 Å². The lowest BCUT2D eigenvalue weighted by atomic mass is 10.2. The van der Waals surface area contributed by atoms with Crippen LogP contribution in [0.4, 0.5) is 0 Å². The quantitative estimate of drug-likeness (QED) is 0.805. The molecule has 1 aliphatic heterocycles. The summed E-state index contributed by atoms with van der Waals surface area (Å²) in [6, 6.07) is 3.63. The predicted octanol–water partition coefficient (Wildman–Crippen LogP) is -0.362. The number of aryl methyl sites for hydroxylation is 1. The second kappa shape index (κ2) is 6.89. The van der Waals surface area contributed by atoms with Crippen LogP contribution in [0.1, 0.15) is 15.9 Å². The fraction of sp³-hybridized carbons (Fsp3) is 0.438. The van der Waals surface area contributed by atoms with Crippen LogP contribution >= 0.6 is 0 Å². The Bertz CT molecular complexity index is 765. The van der Waals surface area contributed by atoms with Gasteiger partial charge < -0.3 is 10.6 Å². The van der Waals surface area contributed by atoms with Gasteiger partial charge in [-0.2, -0.15) is 0 Å². The minimum Gasteiger partial charge on any atom is -0.351 e. The van der Waals surface area contributed by atoms with Gasteiger partial charge >= 0.3 is 0 Å². The fourth-order valence-electron chi connectivity index (χ4n) is 2.69. The van der Waals surface area contributed by atoms with E-state index in [1.54, 1.807) is 6.20 Å². The molecule has 23 heavy (non-hydrogen) atoms. The number of nitrogens with one attached hydrogen (secondary N) is 2. The molecule has 7 nitrogen and oxygen atoms in total. The molecule has 1 saturated heterocycles. The Kier molecular flexibility index (Phi) is 4.68. The highest BCUT2D eigenvalue weighted by Gasteiger charge is 2.14. The molecule has 7 heteroatoms. The molecular formula is C16H21N5O2. The highest BCUT2D eigenvalue weighted by molar-refractivity contribution is 5.93. The summed E-state index contributed by atoms with van der Waals surface area (Å²) in [6.45, 7) is 7.16. The van der Waals surface area contributed by atoms with E-state index in [4.69, 9.17) is 0 Å². The molecule has 0 bridgehead atoms. The summed E-state index contributed by atoms with van der Waals surface area (Å²) in [5.41, 5.74) is 1.30. The Morgan fingerprint density at radius 2 is 2.17 bits per heavy atom. The zero-order valence-electron chi connectivity index (χ0n) is 13.2. The third-order valence-corrected chi connectivity index (χ3v) is 4.03. The summed E-state index contributed by atoms with van der Waals surface area (Å²) in [4.78, 5) is 31.1. The Labute approximate surface area is 134 Å². The average molecular weight is 315 g/mol. The first kappa shape index (κ1) is 15.6. The number of fused-ring (bicyclic) bond motifs is 1. The van der Waals surface area contributed by atoms with Gasteiger partial charge in [0.15, 0.2) is 0 Å². The van der Waals surface area contributed by atoms with Gasteiger partial charge in [-0.3, -0.25) is 18.9 Å². The van der Waals surface area contributed by atoms with E-state index in [0.717, 1.165) is 38.3 Å². The van der Waals surface area contributed by atoms with Crippen molar-refractivity contribution in [1.29, 1.82) is 0 Å². The van der Waals surface area contributed by atoms with Crippen molar-refractivity contribution in [3.8, 4) is 0 Å². The van der Waals surface area contributed by atoms with Gasteiger partial charge in [0.05, 0.1) is 0 Å². The molecule has 1 aliphatic rings. The van der Waals surface area contributed by atoms with Crippen molar-refractivity contribution >= 4 is 11.6 Å². The molecule has 0 aromatic carbocycles. The summed E-state index contributed by atoms with van der Waals surface area (Å²) in [6.07, 6.45) is 3.01. The largest absolute Gasteiger partial charge is 0.351 e. The minimum atomic E-state index is -0.368. The van der Waals surface area contributed by atoms with Crippen LogP contribution in [0.25, 0.3) is 5.65 Å². The van der Waals surface area contributed by atoms with Crippen molar-refractivity contribution < 1.29 is 4.79 Å². The molecule has 3 rings (SSSR count). The fourth-order valence-corrected chi connectivity index (χ4v) is 2.69. The lowest BCUT2D eigenvalue weighted by Gasteiger charge is -2.27. The standard InChI is InChI=1S/C16H21N5O2/c1-12-2-6-21-14(10-12)19-11-13(16(21)23)15(22)18-5-9-20-7-3-17-4-8-20/h2,6,10-11,17H,3-5,7-9H2,1H3,(H,18,22). The van der Waals surface area contributed by atoms with Crippen molar-refractivity contribution in [2.24, 2.45) is 0 Å². The second-order valence-electron chi connectivity index (χ2n) is 5.76. The maximum absolute atomic E-state index is 12.4. The first-order chi connectivity index (χ1) is 11.1. The first-order valence-electron chi connectivity index (χ1n) is 7.84. The van der Waals surface area contributed by atoms with Gasteiger partial charge in [0.25, 0.3) is 11.5 Å². The molecule has 1 amide bonds. The molecule has 122 valence electrons. The van der Waals surface area contributed by atoms with Gasteiger partial charge in [0.2, 0.25) is 0 Å². The summed E-state index contributed by atoms with van der Waals surface area (Å²) in [5.74, 6) is -0.368. The van der Waals surface area contributed by atoms with E-state index < -0.39 is 0 Å². The molecule has 2 N–H and O–H groups in total. The molecule has 0 atom stereocenters. The number of pyridine rings is 1. The maximum atomic E-state index is 12.4. The molecule has 0 saturated carbocycles. The van der Waals surface area contributed by atoms with Crippen LogP contribution in [-0.4, -0.2) is 59.5 Å². The van der Waals surface area contributed by atoms with Crippen molar-refractivity contribution in [2.75, 3.05) is 39.3 Å². The topological polar surface area (TPSA) is 78.7 Å². The van der Waals surface area contributed by atoms with E-state index in [9.17, 15) is 9.59 Å². The number of amides is 1. The minimum absolute atomic E-state index is 0.0756. The van der Waals surface area contributed by atoms with E-state index in [1.165, 1.54) is 10.6 Å². The molecule has 0 unspecified atom stereocenters. The van der Waals surface area contributed by atoms with Crippen LogP contribution in [0.2, 0.25) is 0 Å². The van der Waals surface area contributed by atoms with Gasteiger partial charge in [-0.05, 0) is 24.6 Å². The smallest absolute Gasteiger partial charge is 0.270 e. The van der Waals surface area contributed by atoms with E-state index >= 15 is 0 Å². The first-order valence-corrected chi connectivity index (χ1v) is 7.84. The Hall–Kier alpha value is -2.25. The normalized spacial score (nSPS) is 15.7. The van der Waals surface area contributed by atoms with Gasteiger partial charge in [-0.25, -0.2) is 4.98 Å². The SMILES string of the molecule is Cc1ccn2c(=O)c(C(=O)NCCN3CCNCC3)cnc2c1. The van der Waals surface area contributed by atoms with Crippen molar-refractivity contribution in [2.45, 2.75) is 6.92 Å². The van der Waals surface area contributed by atoms with E-state index in [2.05, 4.69) is 20.5 Å². The lowest BCUT2D eigenvalue weighted by Crippen LogP contribution is -2.46. The van der Waals surface area contributed by atoms with Gasteiger partial charge in [-0.15, -0.1) is 0 Å². The Morgan fingerprint density at radius 1 is 1.39 bits per heavy atom. The number of hydrogen-bond acceptors (Lipinski definition) is 5. The zero-order chi connectivity index (χ0) is 16.2. The molecular weight excluding hydrogens is 294 g/mol. The number of aromatic nitrogens is 2. The number of rotatable bonds is 4. The monoisotopic (exact) mass is 315 g/mol. The highest BCUT2D eigenvalue weighted by Crippen LogP contribution is 2.02. The molecule has 0 radical (unpaired) electrons. The molecule has 3 heterocycles. The zero-order valence-corrected chi connectivity index (χ0v) is 13.2. The average Bonchev–Trinajstić information content (AvgIpc) is 2.56. The van der Waals surface area contributed by atoms with Crippen molar-refractivity contribution in [1.82, 2.24) is 24.9 Å². The van der Waals surface area contributed by atoms with E-state index in [-0.39, 0.29) is 17.0 Å². The third kappa shape index (κ3) is 3.57. The Balaban J connectivity index is 1.67. The second-order valence-corrected chi connectivity index (χ2v) is 5.76. The van der Waals surface area contributed by atoms with Crippen LogP contribution in [-0.2, 0) is 0 Å².